The SMILES string of the molecule is CC1=CC2=[N+](c3ccccc3)C(C)=CC2=C1[Si](C)(C)C1=C2C=C(C)[N+](c3ccccc3)=C2C=C1C. The van der Waals surface area contributed by atoms with Crippen LogP contribution in [0.5, 0.6) is 0 Å². The molecule has 4 aliphatic rings. The number of rotatable bonds is 4. The molecule has 0 unspecified atom stereocenters. The molecule has 2 nitrogen and oxygen atoms in total. The quantitative estimate of drug-likeness (QED) is 0.318. The summed E-state index contributed by atoms with van der Waals surface area (Å²) in [6, 6.07) is 21.5. The first-order valence-corrected chi connectivity index (χ1v) is 15.5. The van der Waals surface area contributed by atoms with Gasteiger partial charge in [0.2, 0.25) is 22.8 Å². The topological polar surface area (TPSA) is 6.02 Å². The number of para-hydroxylation sites is 2. The van der Waals surface area contributed by atoms with Crippen molar-refractivity contribution in [3.05, 3.63) is 129 Å². The number of hydrogen-bond donors (Lipinski definition) is 0. The lowest BCUT2D eigenvalue weighted by Gasteiger charge is -2.29. The first kappa shape index (κ1) is 21.9. The van der Waals surface area contributed by atoms with Crippen LogP contribution in [-0.2, 0) is 0 Å². The van der Waals surface area contributed by atoms with E-state index in [2.05, 4.69) is 135 Å². The number of nitrogens with zero attached hydrogens (tertiary/aromatic N) is 2. The Morgan fingerprint density at radius 2 is 0.886 bits per heavy atom. The zero-order chi connectivity index (χ0) is 24.5. The predicted octanol–water partition coefficient (Wildman–Crippen LogP) is 7.69. The van der Waals surface area contributed by atoms with Gasteiger partial charge in [-0.1, -0.05) is 49.5 Å². The summed E-state index contributed by atoms with van der Waals surface area (Å²) in [6.45, 7) is 14.2. The van der Waals surface area contributed by atoms with Crippen molar-refractivity contribution in [2.75, 3.05) is 0 Å². The van der Waals surface area contributed by atoms with Gasteiger partial charge in [-0.05, 0) is 35.4 Å². The summed E-state index contributed by atoms with van der Waals surface area (Å²) in [6.07, 6.45) is 9.65. The molecule has 2 heterocycles. The Kier molecular flexibility index (Phi) is 4.84. The maximum atomic E-state index is 2.54. The summed E-state index contributed by atoms with van der Waals surface area (Å²) in [5, 5.41) is 3.15. The van der Waals surface area contributed by atoms with Gasteiger partial charge in [-0.15, -0.1) is 0 Å². The van der Waals surface area contributed by atoms with E-state index in [0.717, 1.165) is 0 Å². The van der Waals surface area contributed by atoms with Crippen LogP contribution < -0.4 is 0 Å². The van der Waals surface area contributed by atoms with E-state index < -0.39 is 8.07 Å². The molecule has 172 valence electrons. The van der Waals surface area contributed by atoms with E-state index in [4.69, 9.17) is 0 Å². The van der Waals surface area contributed by atoms with Gasteiger partial charge in [0, 0.05) is 62.4 Å². The van der Waals surface area contributed by atoms with Crippen molar-refractivity contribution in [3.63, 3.8) is 0 Å². The van der Waals surface area contributed by atoms with Crippen LogP contribution in [0, 0.1) is 0 Å². The zero-order valence-electron chi connectivity index (χ0n) is 21.5. The summed E-state index contributed by atoms with van der Waals surface area (Å²) < 4.78 is 4.83. The van der Waals surface area contributed by atoms with Crippen LogP contribution in [0.1, 0.15) is 27.7 Å². The minimum absolute atomic E-state index is 1.23. The van der Waals surface area contributed by atoms with Gasteiger partial charge < -0.3 is 0 Å². The first-order valence-electron chi connectivity index (χ1n) is 12.5. The summed E-state index contributed by atoms with van der Waals surface area (Å²) in [5.74, 6) is 0. The second-order valence-electron chi connectivity index (χ2n) is 10.5. The highest BCUT2D eigenvalue weighted by Crippen LogP contribution is 2.46. The van der Waals surface area contributed by atoms with E-state index in [-0.39, 0.29) is 0 Å². The van der Waals surface area contributed by atoms with Crippen LogP contribution in [-0.4, -0.2) is 28.6 Å². The summed E-state index contributed by atoms with van der Waals surface area (Å²) in [5.41, 5.74) is 13.4. The van der Waals surface area contributed by atoms with Crippen molar-refractivity contribution < 1.29 is 9.15 Å². The molecule has 0 spiro atoms. The summed E-state index contributed by atoms with van der Waals surface area (Å²) >= 11 is 0. The van der Waals surface area contributed by atoms with E-state index in [0.29, 0.717) is 0 Å². The van der Waals surface area contributed by atoms with Gasteiger partial charge >= 0.3 is 0 Å². The smallest absolute Gasteiger partial charge is 0.158 e. The molecule has 0 fully saturated rings. The molecule has 0 amide bonds. The van der Waals surface area contributed by atoms with Crippen molar-refractivity contribution in [2.45, 2.75) is 40.8 Å². The summed E-state index contributed by atoms with van der Waals surface area (Å²) in [7, 11) is -2.02. The molecule has 0 saturated heterocycles. The van der Waals surface area contributed by atoms with Gasteiger partial charge in [-0.3, -0.25) is 0 Å². The number of fused-ring (bicyclic) bond motifs is 2. The second-order valence-corrected chi connectivity index (χ2v) is 14.8. The Bertz CT molecular complexity index is 1430. The fraction of sp³-hybridized carbons (Fsp3) is 0.188. The molecule has 35 heavy (non-hydrogen) atoms. The van der Waals surface area contributed by atoms with E-state index in [1.54, 1.807) is 10.4 Å². The van der Waals surface area contributed by atoms with E-state index in [1.807, 2.05) is 0 Å². The van der Waals surface area contributed by atoms with Crippen LogP contribution in [0.4, 0.5) is 11.4 Å². The highest BCUT2D eigenvalue weighted by molar-refractivity contribution is 6.93. The van der Waals surface area contributed by atoms with Gasteiger partial charge in [-0.2, -0.15) is 9.15 Å². The Hall–Kier alpha value is -3.56. The third kappa shape index (κ3) is 3.15. The maximum absolute atomic E-state index is 2.54. The Morgan fingerprint density at radius 1 is 0.514 bits per heavy atom. The van der Waals surface area contributed by atoms with Crippen LogP contribution in [0.2, 0.25) is 13.1 Å². The normalized spacial score (nSPS) is 19.4. The Morgan fingerprint density at radius 3 is 1.26 bits per heavy atom. The minimum atomic E-state index is -2.02. The highest BCUT2D eigenvalue weighted by atomic mass is 28.3. The van der Waals surface area contributed by atoms with Crippen LogP contribution in [0.3, 0.4) is 0 Å². The highest BCUT2D eigenvalue weighted by Gasteiger charge is 2.47. The number of allylic oxidation sites excluding steroid dienone is 12. The van der Waals surface area contributed by atoms with Crippen LogP contribution in [0.25, 0.3) is 0 Å². The van der Waals surface area contributed by atoms with Crippen LogP contribution in [0.15, 0.2) is 129 Å². The number of benzene rings is 2. The average Bonchev–Trinajstić information content (AvgIpc) is 3.50. The minimum Gasteiger partial charge on any atom is -0.158 e. The van der Waals surface area contributed by atoms with Gasteiger partial charge in [0.25, 0.3) is 0 Å². The van der Waals surface area contributed by atoms with Crippen molar-refractivity contribution >= 4 is 30.9 Å². The lowest BCUT2D eigenvalue weighted by molar-refractivity contribution is -0.378. The van der Waals surface area contributed by atoms with Crippen LogP contribution >= 0.6 is 0 Å². The maximum Gasteiger partial charge on any atom is 0.219 e. The van der Waals surface area contributed by atoms with Crippen molar-refractivity contribution in [2.24, 2.45) is 0 Å². The Labute approximate surface area is 209 Å². The molecular formula is C32H32N2Si+2. The molecule has 0 atom stereocenters. The lowest BCUT2D eigenvalue weighted by Crippen LogP contribution is -2.34. The molecule has 2 aliphatic heterocycles. The van der Waals surface area contributed by atoms with Gasteiger partial charge in [0.15, 0.2) is 11.4 Å². The van der Waals surface area contributed by atoms with E-state index >= 15 is 0 Å². The lowest BCUT2D eigenvalue weighted by atomic mass is 10.2. The third-order valence-corrected chi connectivity index (χ3v) is 11.6. The first-order chi connectivity index (χ1) is 16.8. The third-order valence-electron chi connectivity index (χ3n) is 7.76. The molecule has 0 N–H and O–H groups in total. The second kappa shape index (κ2) is 7.72. The monoisotopic (exact) mass is 472 g/mol. The largest absolute Gasteiger partial charge is 0.219 e. The molecule has 2 aliphatic carbocycles. The van der Waals surface area contributed by atoms with Crippen molar-refractivity contribution in [1.82, 2.24) is 0 Å². The predicted molar refractivity (Wildman–Crippen MR) is 149 cm³/mol. The fourth-order valence-corrected chi connectivity index (χ4v) is 10.7. The molecular weight excluding hydrogens is 440 g/mol. The number of hydrogen-bond acceptors (Lipinski definition) is 0. The standard InChI is InChI=1S/C32H32N2Si/c1-21-17-29-27(19-23(3)33(29)25-13-9-7-10-14-25)31(21)35(5,6)32-22(2)18-30-28(32)20-24(4)34(30)26-15-11-8-12-16-26/h7-20H,1-6H3/q+2. The zero-order valence-corrected chi connectivity index (χ0v) is 22.5. The van der Waals surface area contributed by atoms with E-state index in [1.165, 1.54) is 56.5 Å². The Balaban J connectivity index is 1.54. The molecule has 2 aromatic carbocycles. The molecule has 0 saturated carbocycles. The van der Waals surface area contributed by atoms with Crippen molar-refractivity contribution in [1.29, 1.82) is 0 Å². The van der Waals surface area contributed by atoms with Crippen molar-refractivity contribution in [3.8, 4) is 0 Å². The molecule has 0 bridgehead atoms. The summed E-state index contributed by atoms with van der Waals surface area (Å²) in [4.78, 5) is 0. The molecule has 2 aromatic rings. The van der Waals surface area contributed by atoms with Gasteiger partial charge in [0.1, 0.15) is 8.07 Å². The van der Waals surface area contributed by atoms with Gasteiger partial charge in [-0.25, -0.2) is 0 Å². The molecule has 0 radical (unpaired) electrons. The average molecular weight is 473 g/mol. The molecule has 0 aromatic heterocycles. The van der Waals surface area contributed by atoms with E-state index in [9.17, 15) is 0 Å². The van der Waals surface area contributed by atoms with Gasteiger partial charge in [0.05, 0.1) is 11.1 Å². The molecule has 3 heteroatoms. The molecule has 6 rings (SSSR count). The fourth-order valence-electron chi connectivity index (χ4n) is 6.60.